The Bertz CT molecular complexity index is 369. The summed E-state index contributed by atoms with van der Waals surface area (Å²) in [6, 6.07) is 5.13. The van der Waals surface area contributed by atoms with Gasteiger partial charge in [-0.2, -0.15) is 0 Å². The maximum Gasteiger partial charge on any atom is 0.238 e. The third-order valence-corrected chi connectivity index (χ3v) is 2.09. The van der Waals surface area contributed by atoms with Gasteiger partial charge in [-0.05, 0) is 32.2 Å². The molecule has 1 rings (SSSR count). The van der Waals surface area contributed by atoms with Gasteiger partial charge < -0.3 is 15.4 Å². The Kier molecular flexibility index (Phi) is 5.08. The van der Waals surface area contributed by atoms with E-state index in [-0.39, 0.29) is 12.5 Å². The summed E-state index contributed by atoms with van der Waals surface area (Å²) in [6.07, 6.45) is 0. The van der Waals surface area contributed by atoms with Gasteiger partial charge in [0.05, 0.1) is 18.8 Å². The van der Waals surface area contributed by atoms with E-state index in [1.807, 2.05) is 6.92 Å². The second-order valence-electron chi connectivity index (χ2n) is 3.15. The Labute approximate surface area is 99.9 Å². The van der Waals surface area contributed by atoms with Gasteiger partial charge in [-0.25, -0.2) is 0 Å². The fraction of sp³-hybridized carbons (Fsp3) is 0.364. The lowest BCUT2D eigenvalue weighted by Crippen LogP contribution is -2.25. The van der Waals surface area contributed by atoms with Gasteiger partial charge in [0.25, 0.3) is 0 Å². The van der Waals surface area contributed by atoms with E-state index in [4.69, 9.17) is 16.3 Å². The highest BCUT2D eigenvalue weighted by molar-refractivity contribution is 6.31. The number of halogens is 1. The first kappa shape index (κ1) is 12.8. The van der Waals surface area contributed by atoms with Crippen molar-refractivity contribution in [2.24, 2.45) is 0 Å². The maximum atomic E-state index is 11.4. The monoisotopic (exact) mass is 242 g/mol. The lowest BCUT2D eigenvalue weighted by atomic mass is 10.3. The van der Waals surface area contributed by atoms with Gasteiger partial charge in [0, 0.05) is 5.02 Å². The molecule has 0 spiro atoms. The van der Waals surface area contributed by atoms with E-state index in [0.717, 1.165) is 0 Å². The molecule has 0 aliphatic carbocycles. The summed E-state index contributed by atoms with van der Waals surface area (Å²) < 4.78 is 5.38. The van der Waals surface area contributed by atoms with Gasteiger partial charge in [-0.15, -0.1) is 0 Å². The standard InChI is InChI=1S/C11H15ClN2O2/c1-3-16-10-5-4-8(12)6-9(10)14-11(15)7-13-2/h4-6,13H,3,7H2,1-2H3,(H,14,15). The van der Waals surface area contributed by atoms with E-state index in [9.17, 15) is 4.79 Å². The van der Waals surface area contributed by atoms with E-state index in [1.165, 1.54) is 0 Å². The largest absolute Gasteiger partial charge is 0.492 e. The summed E-state index contributed by atoms with van der Waals surface area (Å²) in [5, 5.41) is 6.05. The van der Waals surface area contributed by atoms with Crippen LogP contribution in [0.15, 0.2) is 18.2 Å². The molecular weight excluding hydrogens is 228 g/mol. The minimum atomic E-state index is -0.134. The Morgan fingerprint density at radius 2 is 2.25 bits per heavy atom. The van der Waals surface area contributed by atoms with E-state index in [0.29, 0.717) is 23.1 Å². The van der Waals surface area contributed by atoms with Crippen molar-refractivity contribution in [2.45, 2.75) is 6.92 Å². The van der Waals surface area contributed by atoms with Gasteiger partial charge in [0.2, 0.25) is 5.91 Å². The number of carbonyl (C=O) groups is 1. The zero-order valence-corrected chi connectivity index (χ0v) is 10.1. The van der Waals surface area contributed by atoms with Gasteiger partial charge >= 0.3 is 0 Å². The molecule has 1 amide bonds. The van der Waals surface area contributed by atoms with E-state index >= 15 is 0 Å². The first-order valence-electron chi connectivity index (χ1n) is 5.04. The molecule has 88 valence electrons. The average Bonchev–Trinajstić information content (AvgIpc) is 2.22. The number of carbonyl (C=O) groups excluding carboxylic acids is 1. The second kappa shape index (κ2) is 6.35. The van der Waals surface area contributed by atoms with Crippen molar-refractivity contribution in [3.63, 3.8) is 0 Å². The number of benzene rings is 1. The van der Waals surface area contributed by atoms with Crippen LogP contribution in [0.1, 0.15) is 6.92 Å². The SMILES string of the molecule is CCOc1ccc(Cl)cc1NC(=O)CNC. The lowest BCUT2D eigenvalue weighted by Gasteiger charge is -2.11. The summed E-state index contributed by atoms with van der Waals surface area (Å²) in [5.74, 6) is 0.488. The third-order valence-electron chi connectivity index (χ3n) is 1.85. The molecule has 16 heavy (non-hydrogen) atoms. The van der Waals surface area contributed by atoms with Crippen LogP contribution in [0.3, 0.4) is 0 Å². The Morgan fingerprint density at radius 1 is 1.50 bits per heavy atom. The van der Waals surface area contributed by atoms with Gasteiger partial charge in [0.15, 0.2) is 0 Å². The summed E-state index contributed by atoms with van der Waals surface area (Å²) in [6.45, 7) is 2.67. The smallest absolute Gasteiger partial charge is 0.238 e. The van der Waals surface area contributed by atoms with Crippen molar-refractivity contribution in [1.29, 1.82) is 0 Å². The topological polar surface area (TPSA) is 50.4 Å². The number of anilines is 1. The van der Waals surface area contributed by atoms with Crippen molar-refractivity contribution in [3.8, 4) is 5.75 Å². The third kappa shape index (κ3) is 3.72. The van der Waals surface area contributed by atoms with Crippen LogP contribution >= 0.6 is 11.6 Å². The number of ether oxygens (including phenoxy) is 1. The highest BCUT2D eigenvalue weighted by Crippen LogP contribution is 2.27. The van der Waals surface area contributed by atoms with Crippen LogP contribution < -0.4 is 15.4 Å². The van der Waals surface area contributed by atoms with E-state index < -0.39 is 0 Å². The van der Waals surface area contributed by atoms with Crippen molar-refractivity contribution in [2.75, 3.05) is 25.5 Å². The molecule has 0 heterocycles. The average molecular weight is 243 g/mol. The molecule has 0 saturated carbocycles. The van der Waals surface area contributed by atoms with Crippen LogP contribution in [0.25, 0.3) is 0 Å². The van der Waals surface area contributed by atoms with E-state index in [2.05, 4.69) is 10.6 Å². The Balaban J connectivity index is 2.82. The number of hydrogen-bond acceptors (Lipinski definition) is 3. The van der Waals surface area contributed by atoms with Crippen LogP contribution in [0.2, 0.25) is 5.02 Å². The minimum Gasteiger partial charge on any atom is -0.492 e. The Hall–Kier alpha value is -1.26. The highest BCUT2D eigenvalue weighted by atomic mass is 35.5. The lowest BCUT2D eigenvalue weighted by molar-refractivity contribution is -0.115. The molecule has 2 N–H and O–H groups in total. The van der Waals surface area contributed by atoms with Crippen molar-refractivity contribution >= 4 is 23.2 Å². The van der Waals surface area contributed by atoms with Crippen molar-refractivity contribution < 1.29 is 9.53 Å². The van der Waals surface area contributed by atoms with Crippen LogP contribution in [-0.2, 0) is 4.79 Å². The molecule has 0 aromatic heterocycles. The maximum absolute atomic E-state index is 11.4. The van der Waals surface area contributed by atoms with Gasteiger partial charge in [-0.1, -0.05) is 11.6 Å². The van der Waals surface area contributed by atoms with Crippen LogP contribution in [0.5, 0.6) is 5.75 Å². The van der Waals surface area contributed by atoms with Crippen LogP contribution in [0.4, 0.5) is 5.69 Å². The molecule has 0 aliphatic heterocycles. The van der Waals surface area contributed by atoms with Gasteiger partial charge in [0.1, 0.15) is 5.75 Å². The molecule has 5 heteroatoms. The minimum absolute atomic E-state index is 0.134. The molecule has 0 bridgehead atoms. The number of amides is 1. The molecule has 0 saturated heterocycles. The summed E-state index contributed by atoms with van der Waals surface area (Å²) in [5.41, 5.74) is 0.592. The summed E-state index contributed by atoms with van der Waals surface area (Å²) >= 11 is 5.86. The first-order chi connectivity index (χ1) is 7.67. The van der Waals surface area contributed by atoms with Gasteiger partial charge in [-0.3, -0.25) is 4.79 Å². The molecule has 1 aromatic carbocycles. The molecule has 0 atom stereocenters. The predicted molar refractivity (Wildman–Crippen MR) is 65.2 cm³/mol. The fourth-order valence-corrected chi connectivity index (χ4v) is 1.41. The second-order valence-corrected chi connectivity index (χ2v) is 3.59. The molecule has 0 fully saturated rings. The quantitative estimate of drug-likeness (QED) is 0.829. The highest BCUT2D eigenvalue weighted by Gasteiger charge is 2.07. The molecule has 0 unspecified atom stereocenters. The normalized spacial score (nSPS) is 9.94. The molecule has 0 radical (unpaired) electrons. The van der Waals surface area contributed by atoms with Crippen molar-refractivity contribution in [1.82, 2.24) is 5.32 Å². The van der Waals surface area contributed by atoms with E-state index in [1.54, 1.807) is 25.2 Å². The number of hydrogen-bond donors (Lipinski definition) is 2. The molecular formula is C11H15ClN2O2. The fourth-order valence-electron chi connectivity index (χ4n) is 1.24. The number of likely N-dealkylation sites (N-methyl/N-ethyl adjacent to an activating group) is 1. The summed E-state index contributed by atoms with van der Waals surface area (Å²) in [4.78, 5) is 11.4. The Morgan fingerprint density at radius 3 is 2.88 bits per heavy atom. The van der Waals surface area contributed by atoms with Crippen LogP contribution in [-0.4, -0.2) is 26.1 Å². The molecule has 0 aliphatic rings. The first-order valence-corrected chi connectivity index (χ1v) is 5.42. The molecule has 4 nitrogen and oxygen atoms in total. The van der Waals surface area contributed by atoms with Crippen molar-refractivity contribution in [3.05, 3.63) is 23.2 Å². The zero-order valence-electron chi connectivity index (χ0n) is 9.34. The summed E-state index contributed by atoms with van der Waals surface area (Å²) in [7, 11) is 1.71. The van der Waals surface area contributed by atoms with Crippen LogP contribution in [0, 0.1) is 0 Å². The molecule has 1 aromatic rings. The zero-order chi connectivity index (χ0) is 12.0. The predicted octanol–water partition coefficient (Wildman–Crippen LogP) is 1.90. The number of rotatable bonds is 5. The number of nitrogens with one attached hydrogen (secondary N) is 2.